The fraction of sp³-hybridized carbons (Fsp3) is 0.667. The van der Waals surface area contributed by atoms with Gasteiger partial charge in [-0.1, -0.05) is 0 Å². The van der Waals surface area contributed by atoms with Crippen molar-refractivity contribution in [3.05, 3.63) is 18.0 Å². The van der Waals surface area contributed by atoms with Gasteiger partial charge in [-0.25, -0.2) is 9.97 Å². The Morgan fingerprint density at radius 3 is 2.53 bits per heavy atom. The Labute approximate surface area is 123 Å². The van der Waals surface area contributed by atoms with Crippen LogP contribution in [-0.2, 0) is 9.47 Å². The molecule has 6 nitrogen and oxygen atoms in total. The molecule has 0 unspecified atom stereocenters. The van der Waals surface area contributed by atoms with Crippen molar-refractivity contribution >= 4 is 22.9 Å². The van der Waals surface area contributed by atoms with Crippen LogP contribution in [0.25, 0.3) is 0 Å². The standard InChI is InChI=1S/C12H18N4O2.BrH/c1-15-4-6-16(7-5-15)12-13-3-2-10(14-12)11-17-8-9-18-11;/h2-3,11H,4-9H2,1H3;1H. The van der Waals surface area contributed by atoms with E-state index in [9.17, 15) is 0 Å². The molecule has 2 aliphatic heterocycles. The van der Waals surface area contributed by atoms with Crippen LogP contribution in [0.2, 0.25) is 0 Å². The van der Waals surface area contributed by atoms with Gasteiger partial charge >= 0.3 is 0 Å². The summed E-state index contributed by atoms with van der Waals surface area (Å²) in [5.74, 6) is 0.778. The minimum Gasteiger partial charge on any atom is -0.345 e. The Kier molecular flexibility index (Phi) is 5.09. The van der Waals surface area contributed by atoms with Gasteiger partial charge in [0.05, 0.1) is 13.2 Å². The van der Waals surface area contributed by atoms with Gasteiger partial charge in [-0.2, -0.15) is 0 Å². The van der Waals surface area contributed by atoms with Gasteiger partial charge in [-0.15, -0.1) is 17.0 Å². The van der Waals surface area contributed by atoms with Crippen LogP contribution in [0.1, 0.15) is 12.0 Å². The van der Waals surface area contributed by atoms with Crippen molar-refractivity contribution in [1.82, 2.24) is 14.9 Å². The van der Waals surface area contributed by atoms with Crippen LogP contribution in [0.4, 0.5) is 5.95 Å². The molecule has 0 spiro atoms. The van der Waals surface area contributed by atoms with Crippen LogP contribution < -0.4 is 4.90 Å². The van der Waals surface area contributed by atoms with Crippen molar-refractivity contribution in [2.24, 2.45) is 0 Å². The highest BCUT2D eigenvalue weighted by Crippen LogP contribution is 2.22. The summed E-state index contributed by atoms with van der Waals surface area (Å²) in [6, 6.07) is 1.86. The molecule has 0 bridgehead atoms. The van der Waals surface area contributed by atoms with Crippen LogP contribution in [0.3, 0.4) is 0 Å². The first-order chi connectivity index (χ1) is 8.83. The predicted octanol–water partition coefficient (Wildman–Crippen LogP) is 0.852. The van der Waals surface area contributed by atoms with E-state index in [-0.39, 0.29) is 23.3 Å². The number of hydrogen-bond acceptors (Lipinski definition) is 6. The highest BCUT2D eigenvalue weighted by Gasteiger charge is 2.22. The molecule has 1 aromatic heterocycles. The number of rotatable bonds is 2. The first-order valence-electron chi connectivity index (χ1n) is 6.32. The average Bonchev–Trinajstić information content (AvgIpc) is 2.94. The minimum absolute atomic E-state index is 0. The van der Waals surface area contributed by atoms with E-state index in [2.05, 4.69) is 26.8 Å². The molecule has 2 aliphatic rings. The fourth-order valence-electron chi connectivity index (χ4n) is 2.18. The van der Waals surface area contributed by atoms with Crippen molar-refractivity contribution in [1.29, 1.82) is 0 Å². The van der Waals surface area contributed by atoms with Gasteiger partial charge in [0, 0.05) is 32.4 Å². The first kappa shape index (κ1) is 14.6. The molecular formula is C12H19BrN4O2. The second-order valence-electron chi connectivity index (χ2n) is 4.65. The molecule has 7 heteroatoms. The van der Waals surface area contributed by atoms with Crippen LogP contribution in [0.5, 0.6) is 0 Å². The summed E-state index contributed by atoms with van der Waals surface area (Å²) in [5, 5.41) is 0. The third kappa shape index (κ3) is 3.42. The van der Waals surface area contributed by atoms with E-state index in [4.69, 9.17) is 9.47 Å². The minimum atomic E-state index is -0.320. The van der Waals surface area contributed by atoms with Gasteiger partial charge in [-0.3, -0.25) is 0 Å². The number of hydrogen-bond donors (Lipinski definition) is 0. The van der Waals surface area contributed by atoms with E-state index in [1.54, 1.807) is 6.20 Å². The monoisotopic (exact) mass is 330 g/mol. The van der Waals surface area contributed by atoms with Crippen molar-refractivity contribution in [3.8, 4) is 0 Å². The molecule has 0 atom stereocenters. The number of anilines is 1. The Balaban J connectivity index is 0.00000133. The van der Waals surface area contributed by atoms with Crippen molar-refractivity contribution in [2.45, 2.75) is 6.29 Å². The number of piperazine rings is 1. The number of halogens is 1. The lowest BCUT2D eigenvalue weighted by molar-refractivity contribution is -0.0473. The van der Waals surface area contributed by atoms with Crippen LogP contribution in [0.15, 0.2) is 12.3 Å². The second kappa shape index (κ2) is 6.60. The van der Waals surface area contributed by atoms with E-state index in [1.807, 2.05) is 6.07 Å². The van der Waals surface area contributed by atoms with Gasteiger partial charge in [0.1, 0.15) is 5.69 Å². The topological polar surface area (TPSA) is 50.7 Å². The van der Waals surface area contributed by atoms with Crippen LogP contribution in [0, 0.1) is 0 Å². The van der Waals surface area contributed by atoms with Gasteiger partial charge in [-0.05, 0) is 13.1 Å². The van der Waals surface area contributed by atoms with Crippen LogP contribution >= 0.6 is 17.0 Å². The van der Waals surface area contributed by atoms with Gasteiger partial charge in [0.2, 0.25) is 12.2 Å². The molecule has 0 N–H and O–H groups in total. The van der Waals surface area contributed by atoms with E-state index in [0.717, 1.165) is 37.8 Å². The maximum Gasteiger partial charge on any atom is 0.225 e. The lowest BCUT2D eigenvalue weighted by atomic mass is 10.3. The molecule has 0 saturated carbocycles. The largest absolute Gasteiger partial charge is 0.345 e. The number of ether oxygens (including phenoxy) is 2. The van der Waals surface area contributed by atoms with E-state index >= 15 is 0 Å². The smallest absolute Gasteiger partial charge is 0.225 e. The van der Waals surface area contributed by atoms with Crippen molar-refractivity contribution in [3.63, 3.8) is 0 Å². The van der Waals surface area contributed by atoms with Crippen molar-refractivity contribution < 1.29 is 9.47 Å². The van der Waals surface area contributed by atoms with E-state index in [0.29, 0.717) is 13.2 Å². The molecule has 2 saturated heterocycles. The van der Waals surface area contributed by atoms with E-state index < -0.39 is 0 Å². The summed E-state index contributed by atoms with van der Waals surface area (Å²) in [7, 11) is 2.13. The van der Waals surface area contributed by atoms with Gasteiger partial charge < -0.3 is 19.3 Å². The molecular weight excluding hydrogens is 312 g/mol. The molecule has 2 fully saturated rings. The molecule has 106 valence electrons. The summed E-state index contributed by atoms with van der Waals surface area (Å²) in [6.07, 6.45) is 1.46. The lowest BCUT2D eigenvalue weighted by Crippen LogP contribution is -2.45. The maximum atomic E-state index is 5.46. The fourth-order valence-corrected chi connectivity index (χ4v) is 2.18. The molecule has 0 amide bonds. The summed E-state index contributed by atoms with van der Waals surface area (Å²) < 4.78 is 10.9. The SMILES string of the molecule is Br.CN1CCN(c2nccc(C3OCCO3)n2)CC1. The zero-order chi connectivity index (χ0) is 12.4. The Morgan fingerprint density at radius 1 is 1.16 bits per heavy atom. The molecule has 3 rings (SSSR count). The lowest BCUT2D eigenvalue weighted by Gasteiger charge is -2.32. The van der Waals surface area contributed by atoms with Crippen LogP contribution in [-0.4, -0.2) is 61.3 Å². The zero-order valence-electron chi connectivity index (χ0n) is 11.0. The first-order valence-corrected chi connectivity index (χ1v) is 6.32. The molecule has 0 aliphatic carbocycles. The van der Waals surface area contributed by atoms with Gasteiger partial charge in [0.15, 0.2) is 0 Å². The summed E-state index contributed by atoms with van der Waals surface area (Å²) in [4.78, 5) is 13.4. The average molecular weight is 331 g/mol. The molecule has 3 heterocycles. The third-order valence-corrected chi connectivity index (χ3v) is 3.31. The summed E-state index contributed by atoms with van der Waals surface area (Å²) >= 11 is 0. The Morgan fingerprint density at radius 2 is 1.84 bits per heavy atom. The maximum absolute atomic E-state index is 5.46. The molecule has 1 aromatic rings. The predicted molar refractivity (Wildman–Crippen MR) is 76.7 cm³/mol. The normalized spacial score (nSPS) is 21.4. The molecule has 19 heavy (non-hydrogen) atoms. The van der Waals surface area contributed by atoms with E-state index in [1.165, 1.54) is 0 Å². The molecule has 0 aromatic carbocycles. The third-order valence-electron chi connectivity index (χ3n) is 3.31. The molecule has 0 radical (unpaired) electrons. The Bertz CT molecular complexity index is 406. The highest BCUT2D eigenvalue weighted by atomic mass is 79.9. The van der Waals surface area contributed by atoms with Gasteiger partial charge in [0.25, 0.3) is 0 Å². The van der Waals surface area contributed by atoms with Crippen molar-refractivity contribution in [2.75, 3.05) is 51.3 Å². The quantitative estimate of drug-likeness (QED) is 0.801. The highest BCUT2D eigenvalue weighted by molar-refractivity contribution is 8.93. The Hall–Kier alpha value is -0.760. The zero-order valence-corrected chi connectivity index (χ0v) is 12.7. The number of aromatic nitrogens is 2. The summed E-state index contributed by atoms with van der Waals surface area (Å²) in [6.45, 7) is 5.30. The summed E-state index contributed by atoms with van der Waals surface area (Å²) in [5.41, 5.74) is 0.816. The second-order valence-corrected chi connectivity index (χ2v) is 4.65. The number of likely N-dealkylation sites (N-methyl/N-ethyl adjacent to an activating group) is 1. The number of nitrogens with zero attached hydrogens (tertiary/aromatic N) is 4.